The fourth-order valence-corrected chi connectivity index (χ4v) is 2.79. The van der Waals surface area contributed by atoms with E-state index in [0.717, 1.165) is 0 Å². The van der Waals surface area contributed by atoms with E-state index in [9.17, 15) is 9.59 Å². The van der Waals surface area contributed by atoms with Gasteiger partial charge in [0, 0.05) is 5.02 Å². The molecular formula is C17H14Cl2N2O3. The van der Waals surface area contributed by atoms with Crippen LogP contribution < -0.4 is 15.0 Å². The average molecular weight is 365 g/mol. The van der Waals surface area contributed by atoms with Crippen molar-refractivity contribution in [2.24, 2.45) is 0 Å². The maximum Gasteiger partial charge on any atom is 0.268 e. The first-order chi connectivity index (χ1) is 11.5. The van der Waals surface area contributed by atoms with Crippen LogP contribution in [0.3, 0.4) is 0 Å². The minimum absolute atomic E-state index is 0.162. The molecule has 0 fully saturated rings. The minimum atomic E-state index is -0.674. The summed E-state index contributed by atoms with van der Waals surface area (Å²) in [5.74, 6) is -0.160. The first-order valence-corrected chi connectivity index (χ1v) is 8.03. The number of rotatable bonds is 3. The van der Waals surface area contributed by atoms with Crippen molar-refractivity contribution in [2.75, 3.05) is 16.8 Å². The monoisotopic (exact) mass is 364 g/mol. The number of amides is 2. The Hall–Kier alpha value is -2.24. The average Bonchev–Trinajstić information content (AvgIpc) is 2.55. The third-order valence-corrected chi connectivity index (χ3v) is 4.14. The summed E-state index contributed by atoms with van der Waals surface area (Å²) in [5.41, 5.74) is 0.962. The van der Waals surface area contributed by atoms with E-state index in [-0.39, 0.29) is 18.4 Å². The van der Waals surface area contributed by atoms with Gasteiger partial charge in [-0.3, -0.25) is 14.5 Å². The van der Waals surface area contributed by atoms with Gasteiger partial charge >= 0.3 is 0 Å². The van der Waals surface area contributed by atoms with E-state index >= 15 is 0 Å². The quantitative estimate of drug-likeness (QED) is 0.902. The van der Waals surface area contributed by atoms with Crippen molar-refractivity contribution >= 4 is 46.4 Å². The second-order valence-electron chi connectivity index (χ2n) is 5.32. The van der Waals surface area contributed by atoms with Gasteiger partial charge in [-0.05, 0) is 37.3 Å². The Morgan fingerprint density at radius 1 is 1.25 bits per heavy atom. The number of nitrogens with zero attached hydrogens (tertiary/aromatic N) is 1. The topological polar surface area (TPSA) is 58.6 Å². The molecule has 7 heteroatoms. The Kier molecular flexibility index (Phi) is 4.64. The van der Waals surface area contributed by atoms with E-state index in [0.29, 0.717) is 27.2 Å². The summed E-state index contributed by atoms with van der Waals surface area (Å²) in [7, 11) is 0. The molecule has 5 nitrogen and oxygen atoms in total. The van der Waals surface area contributed by atoms with Gasteiger partial charge in [-0.2, -0.15) is 0 Å². The zero-order valence-electron chi connectivity index (χ0n) is 12.8. The minimum Gasteiger partial charge on any atom is -0.479 e. The van der Waals surface area contributed by atoms with Crippen LogP contribution in [-0.2, 0) is 9.59 Å². The molecule has 1 atom stereocenters. The number of para-hydroxylation sites is 1. The molecule has 124 valence electrons. The van der Waals surface area contributed by atoms with Gasteiger partial charge in [-0.1, -0.05) is 35.3 Å². The van der Waals surface area contributed by atoms with Crippen molar-refractivity contribution in [2.45, 2.75) is 13.0 Å². The largest absolute Gasteiger partial charge is 0.479 e. The fraction of sp³-hybridized carbons (Fsp3) is 0.176. The van der Waals surface area contributed by atoms with Crippen LogP contribution in [0.15, 0.2) is 42.5 Å². The molecule has 0 spiro atoms. The number of anilines is 2. The smallest absolute Gasteiger partial charge is 0.268 e. The Bertz CT molecular complexity index is 810. The standard InChI is InChI=1S/C17H14Cl2N2O3/c1-10-17(23)21(14-8-11(18)6-7-15(14)24-10)9-16(22)20-13-5-3-2-4-12(13)19/h2-8,10H,9H2,1H3,(H,20,22). The lowest BCUT2D eigenvalue weighted by Crippen LogP contribution is -2.47. The predicted molar refractivity (Wildman–Crippen MR) is 94.0 cm³/mol. The van der Waals surface area contributed by atoms with E-state index in [1.807, 2.05) is 0 Å². The molecule has 0 aliphatic carbocycles. The molecule has 0 saturated heterocycles. The van der Waals surface area contributed by atoms with Gasteiger partial charge < -0.3 is 10.1 Å². The number of ether oxygens (including phenoxy) is 1. The van der Waals surface area contributed by atoms with Crippen LogP contribution in [0, 0.1) is 0 Å². The second kappa shape index (κ2) is 6.71. The molecule has 2 amide bonds. The van der Waals surface area contributed by atoms with Gasteiger partial charge in [0.2, 0.25) is 5.91 Å². The number of carbonyl (C=O) groups excluding carboxylic acids is 2. The zero-order chi connectivity index (χ0) is 17.3. The van der Waals surface area contributed by atoms with Crippen LogP contribution >= 0.6 is 23.2 Å². The lowest BCUT2D eigenvalue weighted by molar-refractivity contribution is -0.127. The Morgan fingerprint density at radius 3 is 2.75 bits per heavy atom. The first-order valence-electron chi connectivity index (χ1n) is 7.27. The maximum absolute atomic E-state index is 12.4. The van der Waals surface area contributed by atoms with E-state index in [1.165, 1.54) is 4.90 Å². The van der Waals surface area contributed by atoms with Crippen molar-refractivity contribution in [3.63, 3.8) is 0 Å². The second-order valence-corrected chi connectivity index (χ2v) is 6.17. The summed E-state index contributed by atoms with van der Waals surface area (Å²) in [6, 6.07) is 11.8. The van der Waals surface area contributed by atoms with Crippen molar-refractivity contribution in [3.8, 4) is 5.75 Å². The van der Waals surface area contributed by atoms with E-state index in [2.05, 4.69) is 5.32 Å². The number of hydrogen-bond acceptors (Lipinski definition) is 3. The number of hydrogen-bond donors (Lipinski definition) is 1. The van der Waals surface area contributed by atoms with Crippen LogP contribution in [0.25, 0.3) is 0 Å². The van der Waals surface area contributed by atoms with Crippen LogP contribution in [0.4, 0.5) is 11.4 Å². The van der Waals surface area contributed by atoms with Crippen LogP contribution in [0.5, 0.6) is 5.75 Å². The van der Waals surface area contributed by atoms with Gasteiger partial charge in [0.05, 0.1) is 16.4 Å². The van der Waals surface area contributed by atoms with Gasteiger partial charge in [0.1, 0.15) is 12.3 Å². The molecule has 1 unspecified atom stereocenters. The lowest BCUT2D eigenvalue weighted by Gasteiger charge is -2.32. The number of halogens is 2. The molecule has 24 heavy (non-hydrogen) atoms. The SMILES string of the molecule is CC1Oc2ccc(Cl)cc2N(CC(=O)Nc2ccccc2Cl)C1=O. The maximum atomic E-state index is 12.4. The summed E-state index contributed by atoms with van der Waals surface area (Å²) in [6.45, 7) is 1.48. The van der Waals surface area contributed by atoms with Crippen LogP contribution in [0.2, 0.25) is 10.0 Å². The number of fused-ring (bicyclic) bond motifs is 1. The van der Waals surface area contributed by atoms with Crippen LogP contribution in [-0.4, -0.2) is 24.5 Å². The normalized spacial score (nSPS) is 16.4. The summed E-state index contributed by atoms with van der Waals surface area (Å²) < 4.78 is 5.55. The highest BCUT2D eigenvalue weighted by atomic mass is 35.5. The molecular weight excluding hydrogens is 351 g/mol. The van der Waals surface area contributed by atoms with Crippen LogP contribution in [0.1, 0.15) is 6.92 Å². The molecule has 0 bridgehead atoms. The third-order valence-electron chi connectivity index (χ3n) is 3.58. The van der Waals surface area contributed by atoms with Gasteiger partial charge in [0.25, 0.3) is 5.91 Å². The zero-order valence-corrected chi connectivity index (χ0v) is 14.3. The molecule has 1 heterocycles. The highest BCUT2D eigenvalue weighted by molar-refractivity contribution is 6.33. The molecule has 1 aliphatic heterocycles. The first kappa shape index (κ1) is 16.6. The Balaban J connectivity index is 1.83. The van der Waals surface area contributed by atoms with Crippen molar-refractivity contribution < 1.29 is 14.3 Å². The molecule has 3 rings (SSSR count). The summed E-state index contributed by atoms with van der Waals surface area (Å²) in [5, 5.41) is 3.58. The van der Waals surface area contributed by atoms with Crippen molar-refractivity contribution in [1.29, 1.82) is 0 Å². The van der Waals surface area contributed by atoms with Crippen molar-refractivity contribution in [1.82, 2.24) is 0 Å². The van der Waals surface area contributed by atoms with E-state index in [4.69, 9.17) is 27.9 Å². The fourth-order valence-electron chi connectivity index (χ4n) is 2.44. The van der Waals surface area contributed by atoms with Gasteiger partial charge in [-0.25, -0.2) is 0 Å². The molecule has 0 aromatic heterocycles. The third kappa shape index (κ3) is 3.32. The lowest BCUT2D eigenvalue weighted by atomic mass is 10.2. The molecule has 1 N–H and O–H groups in total. The van der Waals surface area contributed by atoms with Crippen molar-refractivity contribution in [3.05, 3.63) is 52.5 Å². The summed E-state index contributed by atoms with van der Waals surface area (Å²) in [6.07, 6.45) is -0.674. The molecule has 0 saturated carbocycles. The van der Waals surface area contributed by atoms with Gasteiger partial charge in [0.15, 0.2) is 6.10 Å². The number of nitrogens with one attached hydrogen (secondary N) is 1. The summed E-state index contributed by atoms with van der Waals surface area (Å²) >= 11 is 12.0. The van der Waals surface area contributed by atoms with E-state index < -0.39 is 6.10 Å². The predicted octanol–water partition coefficient (Wildman–Crippen LogP) is 3.75. The molecule has 2 aromatic carbocycles. The highest BCUT2D eigenvalue weighted by Crippen LogP contribution is 2.36. The Labute approximate surface area is 149 Å². The number of benzene rings is 2. The van der Waals surface area contributed by atoms with Gasteiger partial charge in [-0.15, -0.1) is 0 Å². The highest BCUT2D eigenvalue weighted by Gasteiger charge is 2.33. The van der Waals surface area contributed by atoms with E-state index in [1.54, 1.807) is 49.4 Å². The Morgan fingerprint density at radius 2 is 2.00 bits per heavy atom. The molecule has 0 radical (unpaired) electrons. The summed E-state index contributed by atoms with van der Waals surface area (Å²) in [4.78, 5) is 26.1. The number of carbonyl (C=O) groups is 2. The molecule has 1 aliphatic rings. The molecule has 2 aromatic rings.